The molecule has 0 radical (unpaired) electrons. The molecular formula is C23H31NO6. The molecule has 1 amide bonds. The number of benzene rings is 1. The van der Waals surface area contributed by atoms with Crippen molar-refractivity contribution >= 4 is 17.7 Å². The zero-order valence-electron chi connectivity index (χ0n) is 18.2. The Kier molecular flexibility index (Phi) is 7.00. The lowest BCUT2D eigenvalue weighted by Crippen LogP contribution is -2.45. The first-order chi connectivity index (χ1) is 14.3. The van der Waals surface area contributed by atoms with Crippen LogP contribution in [0.4, 0.5) is 0 Å². The third-order valence-corrected chi connectivity index (χ3v) is 6.61. The highest BCUT2D eigenvalue weighted by Crippen LogP contribution is 2.36. The van der Waals surface area contributed by atoms with E-state index in [1.54, 1.807) is 18.2 Å². The van der Waals surface area contributed by atoms with Gasteiger partial charge in [-0.3, -0.25) is 14.4 Å². The van der Waals surface area contributed by atoms with Crippen LogP contribution in [0.1, 0.15) is 49.9 Å². The van der Waals surface area contributed by atoms with Crippen LogP contribution in [0.2, 0.25) is 0 Å². The van der Waals surface area contributed by atoms with Crippen molar-refractivity contribution in [3.63, 3.8) is 0 Å². The van der Waals surface area contributed by atoms with Crippen molar-refractivity contribution in [2.75, 3.05) is 27.4 Å². The number of ether oxygens (including phenoxy) is 3. The lowest BCUT2D eigenvalue weighted by Gasteiger charge is -2.39. The van der Waals surface area contributed by atoms with E-state index in [4.69, 9.17) is 14.2 Å². The van der Waals surface area contributed by atoms with Crippen molar-refractivity contribution in [1.82, 2.24) is 4.90 Å². The molecule has 1 heterocycles. The topological polar surface area (TPSA) is 82.1 Å². The minimum atomic E-state index is -0.514. The van der Waals surface area contributed by atoms with Gasteiger partial charge in [-0.1, -0.05) is 26.7 Å². The molecule has 7 heteroatoms. The Hall–Kier alpha value is -2.57. The molecule has 0 bridgehead atoms. The first-order valence-corrected chi connectivity index (χ1v) is 10.6. The molecule has 3 rings (SSSR count). The van der Waals surface area contributed by atoms with E-state index in [2.05, 4.69) is 13.8 Å². The summed E-state index contributed by atoms with van der Waals surface area (Å²) in [6.07, 6.45) is 3.43. The Morgan fingerprint density at radius 2 is 1.83 bits per heavy atom. The number of esters is 1. The number of Topliss-reactive ketones (excluding diaryl/α,β-unsaturated/α-hetero) is 1. The second kappa shape index (κ2) is 9.49. The van der Waals surface area contributed by atoms with Crippen LogP contribution in [0.5, 0.6) is 11.5 Å². The van der Waals surface area contributed by atoms with Crippen LogP contribution in [-0.2, 0) is 14.3 Å². The molecule has 1 aliphatic carbocycles. The van der Waals surface area contributed by atoms with Gasteiger partial charge in [0.2, 0.25) is 5.91 Å². The number of ketones is 1. The van der Waals surface area contributed by atoms with E-state index in [0.29, 0.717) is 35.4 Å². The fourth-order valence-electron chi connectivity index (χ4n) is 4.55. The van der Waals surface area contributed by atoms with E-state index in [0.717, 1.165) is 12.8 Å². The second-order valence-electron chi connectivity index (χ2n) is 8.38. The zero-order chi connectivity index (χ0) is 21.8. The van der Waals surface area contributed by atoms with E-state index < -0.39 is 11.9 Å². The average Bonchev–Trinajstić information content (AvgIpc) is 3.14. The number of rotatable bonds is 7. The normalized spacial score (nSPS) is 26.4. The summed E-state index contributed by atoms with van der Waals surface area (Å²) >= 11 is 0. The van der Waals surface area contributed by atoms with Crippen molar-refractivity contribution in [3.05, 3.63) is 23.8 Å². The van der Waals surface area contributed by atoms with Crippen LogP contribution >= 0.6 is 0 Å². The zero-order valence-corrected chi connectivity index (χ0v) is 18.2. The van der Waals surface area contributed by atoms with Crippen molar-refractivity contribution in [3.8, 4) is 11.5 Å². The van der Waals surface area contributed by atoms with Crippen LogP contribution in [0.25, 0.3) is 0 Å². The van der Waals surface area contributed by atoms with Gasteiger partial charge in [0.25, 0.3) is 0 Å². The van der Waals surface area contributed by atoms with Crippen molar-refractivity contribution in [1.29, 1.82) is 0 Å². The highest BCUT2D eigenvalue weighted by atomic mass is 16.5. The highest BCUT2D eigenvalue weighted by Gasteiger charge is 2.42. The lowest BCUT2D eigenvalue weighted by molar-refractivity contribution is -0.147. The highest BCUT2D eigenvalue weighted by molar-refractivity contribution is 5.99. The summed E-state index contributed by atoms with van der Waals surface area (Å²) < 4.78 is 15.6. The van der Waals surface area contributed by atoms with E-state index in [1.807, 2.05) is 4.90 Å². The van der Waals surface area contributed by atoms with Crippen molar-refractivity contribution in [2.45, 2.75) is 45.6 Å². The molecule has 0 unspecified atom stereocenters. The smallest absolute Gasteiger partial charge is 0.311 e. The number of hydrogen-bond acceptors (Lipinski definition) is 6. The standard InChI is InChI=1S/C23H31NO6/c1-14-6-5-7-18(15(14)2)24-12-17(11-22(24)26)23(27)30-13-19(25)16-8-9-20(28-3)21(10-16)29-4/h8-10,14-15,17-18H,5-7,11-13H2,1-4H3/t14-,15+,17+,18-/m0/s1. The summed E-state index contributed by atoms with van der Waals surface area (Å²) in [6.45, 7) is 4.43. The Morgan fingerprint density at radius 3 is 2.53 bits per heavy atom. The fourth-order valence-corrected chi connectivity index (χ4v) is 4.55. The Labute approximate surface area is 177 Å². The van der Waals surface area contributed by atoms with Crippen molar-refractivity contribution in [2.24, 2.45) is 17.8 Å². The van der Waals surface area contributed by atoms with E-state index in [1.165, 1.54) is 20.6 Å². The first kappa shape index (κ1) is 22.1. The molecule has 0 aromatic heterocycles. The molecule has 1 saturated carbocycles. The molecule has 164 valence electrons. The number of carbonyl (C=O) groups is 3. The van der Waals surface area contributed by atoms with Gasteiger partial charge < -0.3 is 19.1 Å². The molecule has 1 aliphatic heterocycles. The van der Waals surface area contributed by atoms with Crippen LogP contribution < -0.4 is 9.47 Å². The molecule has 30 heavy (non-hydrogen) atoms. The SMILES string of the molecule is COc1ccc(C(=O)COC(=O)[C@@H]2CC(=O)N([C@H]3CCC[C@H](C)[C@H]3C)C2)cc1OC. The van der Waals surface area contributed by atoms with Crippen LogP contribution in [-0.4, -0.2) is 56.0 Å². The maximum absolute atomic E-state index is 12.6. The lowest BCUT2D eigenvalue weighted by atomic mass is 9.77. The summed E-state index contributed by atoms with van der Waals surface area (Å²) in [6, 6.07) is 4.98. The number of hydrogen-bond donors (Lipinski definition) is 0. The van der Waals surface area contributed by atoms with Crippen LogP contribution in [0.15, 0.2) is 18.2 Å². The van der Waals surface area contributed by atoms with Gasteiger partial charge in [0.05, 0.1) is 20.1 Å². The maximum Gasteiger partial charge on any atom is 0.311 e. The summed E-state index contributed by atoms with van der Waals surface area (Å²) in [5.41, 5.74) is 0.370. The van der Waals surface area contributed by atoms with E-state index in [-0.39, 0.29) is 30.8 Å². The Bertz CT molecular complexity index is 807. The fraction of sp³-hybridized carbons (Fsp3) is 0.609. The number of amides is 1. The van der Waals surface area contributed by atoms with Gasteiger partial charge in [0.1, 0.15) is 0 Å². The van der Waals surface area contributed by atoms with Gasteiger partial charge in [0.15, 0.2) is 23.9 Å². The third-order valence-electron chi connectivity index (χ3n) is 6.61. The summed E-state index contributed by atoms with van der Waals surface area (Å²) in [4.78, 5) is 39.4. The van der Waals surface area contributed by atoms with E-state index in [9.17, 15) is 14.4 Å². The predicted molar refractivity (Wildman–Crippen MR) is 111 cm³/mol. The van der Waals surface area contributed by atoms with Gasteiger partial charge in [-0.05, 0) is 36.5 Å². The van der Waals surface area contributed by atoms with Crippen molar-refractivity contribution < 1.29 is 28.6 Å². The summed E-state index contributed by atoms with van der Waals surface area (Å²) in [7, 11) is 3.00. The first-order valence-electron chi connectivity index (χ1n) is 10.6. The largest absolute Gasteiger partial charge is 0.493 e. The van der Waals surface area contributed by atoms with E-state index >= 15 is 0 Å². The molecule has 0 spiro atoms. The van der Waals surface area contributed by atoms with Crippen LogP contribution in [0, 0.1) is 17.8 Å². The molecule has 7 nitrogen and oxygen atoms in total. The monoisotopic (exact) mass is 417 g/mol. The number of nitrogens with zero attached hydrogens (tertiary/aromatic N) is 1. The quantitative estimate of drug-likeness (QED) is 0.501. The molecule has 2 aliphatic rings. The summed E-state index contributed by atoms with van der Waals surface area (Å²) in [5, 5.41) is 0. The molecule has 1 saturated heterocycles. The average molecular weight is 418 g/mol. The third kappa shape index (κ3) is 4.60. The molecule has 4 atom stereocenters. The maximum atomic E-state index is 12.6. The van der Waals surface area contributed by atoms with Gasteiger partial charge in [-0.25, -0.2) is 0 Å². The second-order valence-corrected chi connectivity index (χ2v) is 8.38. The van der Waals surface area contributed by atoms with Crippen LogP contribution in [0.3, 0.4) is 0 Å². The molecular weight excluding hydrogens is 386 g/mol. The number of carbonyl (C=O) groups excluding carboxylic acids is 3. The number of likely N-dealkylation sites (tertiary alicyclic amines) is 1. The molecule has 2 fully saturated rings. The minimum Gasteiger partial charge on any atom is -0.493 e. The minimum absolute atomic E-state index is 0.00844. The Morgan fingerprint density at radius 1 is 1.10 bits per heavy atom. The Balaban J connectivity index is 1.56. The van der Waals surface area contributed by atoms with Gasteiger partial charge in [-0.2, -0.15) is 0 Å². The predicted octanol–water partition coefficient (Wildman–Crippen LogP) is 3.10. The van der Waals surface area contributed by atoms with Gasteiger partial charge in [0, 0.05) is 24.6 Å². The summed E-state index contributed by atoms with van der Waals surface area (Å²) in [5.74, 6) is 0.612. The van der Waals surface area contributed by atoms with Gasteiger partial charge >= 0.3 is 5.97 Å². The molecule has 1 aromatic rings. The number of methoxy groups -OCH3 is 2. The van der Waals surface area contributed by atoms with Gasteiger partial charge in [-0.15, -0.1) is 0 Å². The molecule has 0 N–H and O–H groups in total. The molecule has 1 aromatic carbocycles.